The lowest BCUT2D eigenvalue weighted by atomic mass is 9.80. The molecule has 0 spiro atoms. The molecule has 1 aliphatic carbocycles. The molecule has 2 aliphatic rings. The first-order chi connectivity index (χ1) is 7.81. The molecule has 0 amide bonds. The second-order valence-electron chi connectivity index (χ2n) is 5.01. The predicted molar refractivity (Wildman–Crippen MR) is 62.4 cm³/mol. The van der Waals surface area contributed by atoms with Crippen LogP contribution in [0.2, 0.25) is 0 Å². The molecule has 0 N–H and O–H groups in total. The maximum absolute atomic E-state index is 5.80. The molecule has 1 saturated heterocycles. The fourth-order valence-electron chi connectivity index (χ4n) is 2.87. The van der Waals surface area contributed by atoms with Crippen LogP contribution in [0.3, 0.4) is 0 Å². The van der Waals surface area contributed by atoms with E-state index in [-0.39, 0.29) is 5.60 Å². The fourth-order valence-corrected chi connectivity index (χ4v) is 2.87. The van der Waals surface area contributed by atoms with E-state index in [2.05, 4.69) is 30.3 Å². The van der Waals surface area contributed by atoms with E-state index in [4.69, 9.17) is 9.47 Å². The van der Waals surface area contributed by atoms with Crippen LogP contribution in [0, 0.1) is 0 Å². The Labute approximate surface area is 96.6 Å². The van der Waals surface area contributed by atoms with Gasteiger partial charge in [-0.15, -0.1) is 0 Å². The summed E-state index contributed by atoms with van der Waals surface area (Å²) < 4.78 is 11.4. The van der Waals surface area contributed by atoms with Gasteiger partial charge in [0.25, 0.3) is 0 Å². The minimum absolute atomic E-state index is 0.0129. The summed E-state index contributed by atoms with van der Waals surface area (Å²) in [5.74, 6) is 0. The van der Waals surface area contributed by atoms with Crippen molar-refractivity contribution in [3.05, 3.63) is 35.9 Å². The summed E-state index contributed by atoms with van der Waals surface area (Å²) in [4.78, 5) is 0. The van der Waals surface area contributed by atoms with Crippen molar-refractivity contribution in [3.63, 3.8) is 0 Å². The predicted octanol–water partition coefficient (Wildman–Crippen LogP) is 2.57. The first kappa shape index (κ1) is 10.3. The smallest absolute Gasteiger partial charge is 0.0869 e. The number of epoxide rings is 1. The molecule has 1 aromatic carbocycles. The number of benzene rings is 1. The van der Waals surface area contributed by atoms with Crippen LogP contribution < -0.4 is 0 Å². The lowest BCUT2D eigenvalue weighted by Gasteiger charge is -2.34. The van der Waals surface area contributed by atoms with Gasteiger partial charge in [0.2, 0.25) is 0 Å². The third-order valence-corrected chi connectivity index (χ3v) is 3.95. The van der Waals surface area contributed by atoms with Gasteiger partial charge in [0, 0.05) is 20.0 Å². The molecule has 3 atom stereocenters. The number of methoxy groups -OCH3 is 1. The standard InChI is InChI=1S/C14H18O2/c1-15-14(8-7-12-13(10-14)16-12)9-11-5-3-2-4-6-11/h2-6,12-13H,7-10H2,1H3. The van der Waals surface area contributed by atoms with Gasteiger partial charge in [-0.05, 0) is 18.4 Å². The quantitative estimate of drug-likeness (QED) is 0.727. The van der Waals surface area contributed by atoms with Crippen molar-refractivity contribution in [1.29, 1.82) is 0 Å². The Morgan fingerprint density at radius 2 is 2.12 bits per heavy atom. The van der Waals surface area contributed by atoms with E-state index in [1.54, 1.807) is 0 Å². The first-order valence-electron chi connectivity index (χ1n) is 6.06. The van der Waals surface area contributed by atoms with E-state index >= 15 is 0 Å². The minimum atomic E-state index is 0.0129. The third-order valence-electron chi connectivity index (χ3n) is 3.95. The second kappa shape index (κ2) is 3.86. The highest BCUT2D eigenvalue weighted by molar-refractivity contribution is 5.18. The number of hydrogen-bond acceptors (Lipinski definition) is 2. The second-order valence-corrected chi connectivity index (χ2v) is 5.01. The summed E-state index contributed by atoms with van der Waals surface area (Å²) in [6.45, 7) is 0. The fraction of sp³-hybridized carbons (Fsp3) is 0.571. The van der Waals surface area contributed by atoms with Gasteiger partial charge in [0.15, 0.2) is 0 Å². The van der Waals surface area contributed by atoms with E-state index in [9.17, 15) is 0 Å². The van der Waals surface area contributed by atoms with Crippen molar-refractivity contribution in [2.24, 2.45) is 0 Å². The Bertz CT molecular complexity index is 362. The van der Waals surface area contributed by atoms with Crippen LogP contribution in [-0.2, 0) is 15.9 Å². The molecule has 0 bridgehead atoms. The average Bonchev–Trinajstić information content (AvgIpc) is 3.08. The van der Waals surface area contributed by atoms with Gasteiger partial charge in [-0.1, -0.05) is 30.3 Å². The molecular formula is C14H18O2. The van der Waals surface area contributed by atoms with E-state index in [1.165, 1.54) is 5.56 Å². The van der Waals surface area contributed by atoms with Crippen molar-refractivity contribution in [3.8, 4) is 0 Å². The summed E-state index contributed by atoms with van der Waals surface area (Å²) in [5, 5.41) is 0. The normalized spacial score (nSPS) is 36.8. The van der Waals surface area contributed by atoms with Gasteiger partial charge in [-0.3, -0.25) is 0 Å². The lowest BCUT2D eigenvalue weighted by Crippen LogP contribution is -2.39. The zero-order valence-corrected chi connectivity index (χ0v) is 9.69. The van der Waals surface area contributed by atoms with Gasteiger partial charge < -0.3 is 9.47 Å². The van der Waals surface area contributed by atoms with E-state index in [1.807, 2.05) is 7.11 Å². The van der Waals surface area contributed by atoms with Crippen LogP contribution in [0.15, 0.2) is 30.3 Å². The van der Waals surface area contributed by atoms with Gasteiger partial charge in [0.05, 0.1) is 17.8 Å². The summed E-state index contributed by atoms with van der Waals surface area (Å²) in [6.07, 6.45) is 5.36. The van der Waals surface area contributed by atoms with Gasteiger partial charge >= 0.3 is 0 Å². The van der Waals surface area contributed by atoms with Crippen LogP contribution in [0.4, 0.5) is 0 Å². The van der Waals surface area contributed by atoms with Crippen molar-refractivity contribution >= 4 is 0 Å². The Morgan fingerprint density at radius 1 is 1.31 bits per heavy atom. The highest BCUT2D eigenvalue weighted by Gasteiger charge is 2.50. The van der Waals surface area contributed by atoms with Gasteiger partial charge in [0.1, 0.15) is 0 Å². The van der Waals surface area contributed by atoms with Gasteiger partial charge in [-0.25, -0.2) is 0 Å². The maximum Gasteiger partial charge on any atom is 0.0869 e. The van der Waals surface area contributed by atoms with Crippen molar-refractivity contribution in [2.45, 2.75) is 43.5 Å². The van der Waals surface area contributed by atoms with Crippen LogP contribution in [0.25, 0.3) is 0 Å². The largest absolute Gasteiger partial charge is 0.378 e. The summed E-state index contributed by atoms with van der Waals surface area (Å²) >= 11 is 0. The van der Waals surface area contributed by atoms with Crippen LogP contribution in [0.5, 0.6) is 0 Å². The van der Waals surface area contributed by atoms with Crippen LogP contribution in [0.1, 0.15) is 24.8 Å². The summed E-state index contributed by atoms with van der Waals surface area (Å²) in [5.41, 5.74) is 1.38. The monoisotopic (exact) mass is 218 g/mol. The molecule has 16 heavy (non-hydrogen) atoms. The Balaban J connectivity index is 1.75. The molecule has 3 rings (SSSR count). The van der Waals surface area contributed by atoms with Crippen molar-refractivity contribution in [1.82, 2.24) is 0 Å². The Kier molecular flexibility index (Phi) is 2.49. The molecule has 0 radical (unpaired) electrons. The molecule has 2 nitrogen and oxygen atoms in total. The van der Waals surface area contributed by atoms with E-state index < -0.39 is 0 Å². The number of fused-ring (bicyclic) bond motifs is 1. The highest BCUT2D eigenvalue weighted by atomic mass is 16.6. The molecule has 1 heterocycles. The van der Waals surface area contributed by atoms with E-state index in [0.717, 1.165) is 25.7 Å². The zero-order valence-electron chi connectivity index (χ0n) is 9.69. The molecule has 2 heteroatoms. The van der Waals surface area contributed by atoms with E-state index in [0.29, 0.717) is 12.2 Å². The molecular weight excluding hydrogens is 200 g/mol. The molecule has 2 fully saturated rings. The van der Waals surface area contributed by atoms with Crippen LogP contribution >= 0.6 is 0 Å². The summed E-state index contributed by atoms with van der Waals surface area (Å²) in [6, 6.07) is 10.6. The van der Waals surface area contributed by atoms with Crippen molar-refractivity contribution in [2.75, 3.05) is 7.11 Å². The SMILES string of the molecule is COC1(Cc2ccccc2)CCC2OC2C1. The molecule has 86 valence electrons. The highest BCUT2D eigenvalue weighted by Crippen LogP contribution is 2.44. The Morgan fingerprint density at radius 3 is 2.81 bits per heavy atom. The Hall–Kier alpha value is -0.860. The first-order valence-corrected chi connectivity index (χ1v) is 6.06. The maximum atomic E-state index is 5.80. The molecule has 3 unspecified atom stereocenters. The lowest BCUT2D eigenvalue weighted by molar-refractivity contribution is -0.0336. The third kappa shape index (κ3) is 1.87. The molecule has 0 aromatic heterocycles. The zero-order chi connectivity index (χ0) is 11.0. The van der Waals surface area contributed by atoms with Crippen LogP contribution in [-0.4, -0.2) is 24.9 Å². The van der Waals surface area contributed by atoms with Crippen molar-refractivity contribution < 1.29 is 9.47 Å². The molecule has 1 saturated carbocycles. The number of rotatable bonds is 3. The molecule has 1 aliphatic heterocycles. The van der Waals surface area contributed by atoms with Gasteiger partial charge in [-0.2, -0.15) is 0 Å². The average molecular weight is 218 g/mol. The topological polar surface area (TPSA) is 21.8 Å². The number of ether oxygens (including phenoxy) is 2. The molecule has 1 aromatic rings. The summed E-state index contributed by atoms with van der Waals surface area (Å²) in [7, 11) is 1.84. The number of hydrogen-bond donors (Lipinski definition) is 0. The minimum Gasteiger partial charge on any atom is -0.378 e.